The Kier molecular flexibility index (Phi) is 13.4. The van der Waals surface area contributed by atoms with E-state index in [1.807, 2.05) is 0 Å². The van der Waals surface area contributed by atoms with Gasteiger partial charge in [-0.05, 0) is 87.3 Å². The van der Waals surface area contributed by atoms with Gasteiger partial charge in [0.15, 0.2) is 0 Å². The van der Waals surface area contributed by atoms with E-state index in [1.54, 1.807) is 51.4 Å². The molecule has 0 heterocycles. The van der Waals surface area contributed by atoms with Gasteiger partial charge in [0.2, 0.25) is 0 Å². The molecule has 0 unspecified atom stereocenters. The van der Waals surface area contributed by atoms with Gasteiger partial charge in [-0.3, -0.25) is 0 Å². The van der Waals surface area contributed by atoms with Crippen LogP contribution in [0, 0.1) is 0 Å². The highest BCUT2D eigenvalue weighted by Gasteiger charge is 2.28. The lowest BCUT2D eigenvalue weighted by atomic mass is 9.99. The summed E-state index contributed by atoms with van der Waals surface area (Å²) in [4.78, 5) is 0. The maximum Gasteiger partial charge on any atom is -0.0209 e. The van der Waals surface area contributed by atoms with E-state index in [-0.39, 0.29) is 7.43 Å². The Labute approximate surface area is 187 Å². The third-order valence-electron chi connectivity index (χ3n) is 8.60. The van der Waals surface area contributed by atoms with E-state index in [0.29, 0.717) is 15.8 Å². The lowest BCUT2D eigenvalue weighted by Gasteiger charge is -2.36. The molecule has 0 saturated heterocycles. The molecule has 4 fully saturated rings. The summed E-state index contributed by atoms with van der Waals surface area (Å²) >= 11 is 0. The molecule has 0 radical (unpaired) electrons. The zero-order valence-corrected chi connectivity index (χ0v) is 21.1. The first kappa shape index (κ1) is 26.1. The molecule has 0 amide bonds. The van der Waals surface area contributed by atoms with Gasteiger partial charge in [0.25, 0.3) is 0 Å². The number of rotatable bonds is 4. The molecule has 0 aromatic heterocycles. The van der Waals surface area contributed by atoms with Crippen molar-refractivity contribution in [3.05, 3.63) is 0 Å². The van der Waals surface area contributed by atoms with Gasteiger partial charge >= 0.3 is 0 Å². The van der Waals surface area contributed by atoms with Gasteiger partial charge in [0.1, 0.15) is 0 Å². The van der Waals surface area contributed by atoms with Crippen LogP contribution in [-0.2, 0) is 0 Å². The van der Waals surface area contributed by atoms with Crippen LogP contribution < -0.4 is 0 Å². The second-order valence-corrected chi connectivity index (χ2v) is 16.1. The Morgan fingerprint density at radius 3 is 0.690 bits per heavy atom. The molecule has 0 aliphatic heterocycles. The quantitative estimate of drug-likeness (QED) is 0.381. The Balaban J connectivity index is 0.000000200. The molecule has 4 aliphatic carbocycles. The molecule has 0 aromatic rings. The Hall–Kier alpha value is 0.860. The normalized spacial score (nSPS) is 26.1. The molecule has 4 rings (SSSR count). The molecular weight excluding hydrogens is 386 g/mol. The first-order valence-corrected chi connectivity index (χ1v) is 17.0. The van der Waals surface area contributed by atoms with Crippen molar-refractivity contribution >= 4 is 15.8 Å². The third kappa shape index (κ3) is 8.72. The van der Waals surface area contributed by atoms with Gasteiger partial charge in [-0.25, -0.2) is 0 Å². The average Bonchev–Trinajstić information content (AvgIpc) is 2.81. The molecule has 2 heteroatoms. The molecule has 0 nitrogen and oxygen atoms in total. The lowest BCUT2D eigenvalue weighted by molar-refractivity contribution is 0.486. The van der Waals surface area contributed by atoms with Crippen molar-refractivity contribution in [3.8, 4) is 0 Å². The SMILES string of the molecule is C.CP(C1CCCCC1)C1CCCCC1.CP(C1CCCCC1)C1CCCCC1. The van der Waals surface area contributed by atoms with Crippen molar-refractivity contribution in [1.29, 1.82) is 0 Å². The van der Waals surface area contributed by atoms with Crippen LogP contribution >= 0.6 is 15.8 Å². The molecule has 0 bridgehead atoms. The first-order chi connectivity index (χ1) is 13.8. The topological polar surface area (TPSA) is 0 Å². The third-order valence-corrected chi connectivity index (χ3v) is 15.3. The predicted molar refractivity (Wildman–Crippen MR) is 140 cm³/mol. The van der Waals surface area contributed by atoms with E-state index >= 15 is 0 Å². The molecule has 4 aliphatic rings. The summed E-state index contributed by atoms with van der Waals surface area (Å²) < 4.78 is 0. The highest BCUT2D eigenvalue weighted by molar-refractivity contribution is 7.58. The molecule has 0 N–H and O–H groups in total. The van der Waals surface area contributed by atoms with Crippen LogP contribution in [0.3, 0.4) is 0 Å². The molecule has 4 saturated carbocycles. The van der Waals surface area contributed by atoms with Crippen LogP contribution in [0.4, 0.5) is 0 Å². The zero-order valence-electron chi connectivity index (χ0n) is 19.3. The fraction of sp³-hybridized carbons (Fsp3) is 1.00. The minimum atomic E-state index is 0. The van der Waals surface area contributed by atoms with E-state index < -0.39 is 0 Å². The highest BCUT2D eigenvalue weighted by atomic mass is 31.1. The summed E-state index contributed by atoms with van der Waals surface area (Å²) in [5.74, 6) is 0. The van der Waals surface area contributed by atoms with Crippen LogP contribution in [0.1, 0.15) is 136 Å². The smallest absolute Gasteiger partial charge is 0.0209 e. The Morgan fingerprint density at radius 1 is 0.345 bits per heavy atom. The van der Waals surface area contributed by atoms with Crippen molar-refractivity contribution in [2.75, 3.05) is 13.3 Å². The van der Waals surface area contributed by atoms with E-state index in [2.05, 4.69) is 13.3 Å². The van der Waals surface area contributed by atoms with Crippen molar-refractivity contribution < 1.29 is 0 Å². The Morgan fingerprint density at radius 2 is 0.517 bits per heavy atom. The maximum absolute atomic E-state index is 2.61. The van der Waals surface area contributed by atoms with Gasteiger partial charge in [-0.15, -0.1) is 15.8 Å². The van der Waals surface area contributed by atoms with Crippen molar-refractivity contribution in [2.24, 2.45) is 0 Å². The van der Waals surface area contributed by atoms with Crippen LogP contribution in [0.15, 0.2) is 0 Å². The minimum Gasteiger partial charge on any atom is -0.104 e. The van der Waals surface area contributed by atoms with Gasteiger partial charge in [0, 0.05) is 0 Å². The summed E-state index contributed by atoms with van der Waals surface area (Å²) in [6, 6.07) is 0. The summed E-state index contributed by atoms with van der Waals surface area (Å²) in [5, 5.41) is 0. The molecule has 0 aromatic carbocycles. The molecule has 172 valence electrons. The van der Waals surface area contributed by atoms with E-state index in [1.165, 1.54) is 77.0 Å². The van der Waals surface area contributed by atoms with Crippen molar-refractivity contribution in [3.63, 3.8) is 0 Å². The van der Waals surface area contributed by atoms with Crippen molar-refractivity contribution in [1.82, 2.24) is 0 Å². The largest absolute Gasteiger partial charge is 0.104 e. The Bertz CT molecular complexity index is 311. The van der Waals surface area contributed by atoms with Gasteiger partial charge in [0.05, 0.1) is 0 Å². The van der Waals surface area contributed by atoms with Crippen LogP contribution in [-0.4, -0.2) is 36.0 Å². The number of hydrogen-bond donors (Lipinski definition) is 0. The molecule has 0 spiro atoms. The number of hydrogen-bond acceptors (Lipinski definition) is 0. The van der Waals surface area contributed by atoms with Gasteiger partial charge < -0.3 is 0 Å². The van der Waals surface area contributed by atoms with Crippen LogP contribution in [0.5, 0.6) is 0 Å². The summed E-state index contributed by atoms with van der Waals surface area (Å²) in [5.41, 5.74) is 4.62. The first-order valence-electron chi connectivity index (χ1n) is 13.2. The minimum absolute atomic E-state index is 0. The zero-order chi connectivity index (χ0) is 19.6. The standard InChI is InChI=1S/2C13H25P.CH4/c2*1-14(12-8-4-2-5-9-12)13-10-6-3-7-11-13;/h2*12-13H,2-11H2,1H3;1H4. The second kappa shape index (κ2) is 14.8. The fourth-order valence-corrected chi connectivity index (χ4v) is 12.5. The lowest BCUT2D eigenvalue weighted by Crippen LogP contribution is -2.19. The average molecular weight is 441 g/mol. The van der Waals surface area contributed by atoms with Crippen LogP contribution in [0.2, 0.25) is 0 Å². The van der Waals surface area contributed by atoms with Gasteiger partial charge in [-0.1, -0.05) is 84.5 Å². The van der Waals surface area contributed by atoms with Crippen LogP contribution in [0.25, 0.3) is 0 Å². The molecule has 29 heavy (non-hydrogen) atoms. The summed E-state index contributed by atoms with van der Waals surface area (Å²) in [7, 11) is 0.766. The van der Waals surface area contributed by atoms with Crippen molar-refractivity contribution in [2.45, 2.75) is 158 Å². The predicted octanol–water partition coefficient (Wildman–Crippen LogP) is 10.2. The monoisotopic (exact) mass is 440 g/mol. The highest BCUT2D eigenvalue weighted by Crippen LogP contribution is 2.53. The summed E-state index contributed by atoms with van der Waals surface area (Å²) in [6.45, 7) is 5.22. The molecular formula is C27H54P2. The van der Waals surface area contributed by atoms with E-state index in [9.17, 15) is 0 Å². The summed E-state index contributed by atoms with van der Waals surface area (Å²) in [6.07, 6.45) is 30.9. The fourth-order valence-electron chi connectivity index (χ4n) is 6.55. The maximum atomic E-state index is 2.61. The van der Waals surface area contributed by atoms with Gasteiger partial charge in [-0.2, -0.15) is 0 Å². The van der Waals surface area contributed by atoms with E-state index in [4.69, 9.17) is 0 Å². The van der Waals surface area contributed by atoms with E-state index in [0.717, 1.165) is 22.6 Å². The second-order valence-electron chi connectivity index (χ2n) is 10.5. The molecule has 0 atom stereocenters.